The lowest BCUT2D eigenvalue weighted by molar-refractivity contribution is -0.140. The smallest absolute Gasteiger partial charge is 0.455 e. The van der Waals surface area contributed by atoms with Crippen LogP contribution < -0.4 is 0 Å². The lowest BCUT2D eigenvalue weighted by Crippen LogP contribution is -2.46. The molecule has 2 amide bonds. The molecule has 0 spiro atoms. The van der Waals surface area contributed by atoms with E-state index in [1.165, 1.54) is 21.8 Å². The van der Waals surface area contributed by atoms with Gasteiger partial charge in [0.25, 0.3) is 0 Å². The second kappa shape index (κ2) is 12.3. The Morgan fingerprint density at radius 2 is 2.08 bits per heavy atom. The molecule has 0 bridgehead atoms. The second-order valence-electron chi connectivity index (χ2n) is 10.6. The summed E-state index contributed by atoms with van der Waals surface area (Å²) in [6.45, 7) is 2.64. The van der Waals surface area contributed by atoms with Crippen molar-refractivity contribution in [1.82, 2.24) is 4.90 Å². The van der Waals surface area contributed by atoms with Gasteiger partial charge < -0.3 is 23.9 Å². The molecule has 2 aromatic rings. The first-order chi connectivity index (χ1) is 18.9. The van der Waals surface area contributed by atoms with Gasteiger partial charge in [0.15, 0.2) is 0 Å². The van der Waals surface area contributed by atoms with E-state index in [9.17, 15) is 19.7 Å². The standard InChI is InChI=1S/C29H36BNO7S/c1-3-5-18(12-20-8-9-21(16-32)37-20)7-10-25-26-19(17-36-2)13-23-27(24(26)14-30(35)38-25)29(34)31(28(23)33)15-22-6-4-11-39-22/h4,6,8-9,11-12,23-25,27,32,35H,3,5,7,10,13-17H2,1-2H3/b18-12+/t23-,24+,25-,27-/m1/s1. The summed E-state index contributed by atoms with van der Waals surface area (Å²) in [6.07, 6.45) is 5.61. The minimum atomic E-state index is -1.00. The van der Waals surface area contributed by atoms with Crippen LogP contribution in [0.15, 0.2) is 50.8 Å². The number of imide groups is 1. The lowest BCUT2D eigenvalue weighted by Gasteiger charge is -2.43. The molecule has 2 fully saturated rings. The Balaban J connectivity index is 1.40. The van der Waals surface area contributed by atoms with Crippen molar-refractivity contribution in [2.75, 3.05) is 13.7 Å². The number of likely N-dealkylation sites (tertiary alicyclic amines) is 1. The fraction of sp³-hybridized carbons (Fsp3) is 0.517. The van der Waals surface area contributed by atoms with Crippen LogP contribution in [-0.2, 0) is 32.1 Å². The zero-order chi connectivity index (χ0) is 27.5. The molecule has 8 nitrogen and oxygen atoms in total. The topological polar surface area (TPSA) is 109 Å². The van der Waals surface area contributed by atoms with Crippen molar-refractivity contribution in [3.8, 4) is 0 Å². The summed E-state index contributed by atoms with van der Waals surface area (Å²) < 4.78 is 17.3. The Kier molecular flexibility index (Phi) is 8.88. The van der Waals surface area contributed by atoms with Crippen LogP contribution in [0.4, 0.5) is 0 Å². The normalized spacial score (nSPS) is 25.5. The number of amides is 2. The molecule has 0 aromatic carbocycles. The highest BCUT2D eigenvalue weighted by Gasteiger charge is 2.57. The molecular formula is C29H36BNO7S. The molecule has 4 heterocycles. The molecule has 4 atom stereocenters. The fourth-order valence-electron chi connectivity index (χ4n) is 6.52. The molecule has 208 valence electrons. The number of fused-ring (bicyclic) bond motifs is 3. The van der Waals surface area contributed by atoms with Gasteiger partial charge in [-0.1, -0.05) is 25.0 Å². The summed E-state index contributed by atoms with van der Waals surface area (Å²) in [6, 6.07) is 7.48. The summed E-state index contributed by atoms with van der Waals surface area (Å²) in [5.74, 6) is -0.230. The number of allylic oxidation sites excluding steroid dienone is 1. The van der Waals surface area contributed by atoms with Crippen molar-refractivity contribution < 1.29 is 33.5 Å². The number of methoxy groups -OCH3 is 1. The van der Waals surface area contributed by atoms with Crippen LogP contribution >= 0.6 is 11.3 Å². The number of rotatable bonds is 11. The van der Waals surface area contributed by atoms with E-state index in [1.807, 2.05) is 29.7 Å². The monoisotopic (exact) mass is 553 g/mol. The van der Waals surface area contributed by atoms with Crippen LogP contribution in [0.2, 0.25) is 6.32 Å². The third-order valence-electron chi connectivity index (χ3n) is 8.10. The number of nitrogens with zero attached hydrogens (tertiary/aromatic N) is 1. The SMILES string of the molecule is CCC/C(=C\c1ccc(CO)o1)CC[C@H]1OB(O)C[C@H]2C1=C(COC)C[C@H]1C(=O)N(Cc3cccs3)C(=O)[C@H]12. The average Bonchev–Trinajstić information content (AvgIpc) is 3.65. The number of aliphatic hydroxyl groups excluding tert-OH is 1. The number of carbonyl (C=O) groups is 2. The van der Waals surface area contributed by atoms with Crippen molar-refractivity contribution in [1.29, 1.82) is 0 Å². The first-order valence-electron chi connectivity index (χ1n) is 13.7. The van der Waals surface area contributed by atoms with Gasteiger partial charge in [0.1, 0.15) is 18.1 Å². The summed E-state index contributed by atoms with van der Waals surface area (Å²) in [5, 5.41) is 22.1. The van der Waals surface area contributed by atoms with Crippen LogP contribution in [0.5, 0.6) is 0 Å². The van der Waals surface area contributed by atoms with E-state index in [1.54, 1.807) is 13.2 Å². The quantitative estimate of drug-likeness (QED) is 0.241. The van der Waals surface area contributed by atoms with Crippen molar-refractivity contribution in [2.45, 2.75) is 64.6 Å². The minimum Gasteiger partial charge on any atom is -0.459 e. The van der Waals surface area contributed by atoms with Gasteiger partial charge in [-0.05, 0) is 78.7 Å². The van der Waals surface area contributed by atoms with Crippen LogP contribution in [0.1, 0.15) is 55.4 Å². The molecule has 5 rings (SSSR count). The summed E-state index contributed by atoms with van der Waals surface area (Å²) in [4.78, 5) is 29.5. The molecule has 1 aliphatic carbocycles. The Bertz CT molecular complexity index is 1240. The molecule has 0 unspecified atom stereocenters. The minimum absolute atomic E-state index is 0.127. The van der Waals surface area contributed by atoms with E-state index in [4.69, 9.17) is 13.8 Å². The van der Waals surface area contributed by atoms with Crippen molar-refractivity contribution in [2.24, 2.45) is 17.8 Å². The van der Waals surface area contributed by atoms with Gasteiger partial charge in [0.05, 0.1) is 31.1 Å². The zero-order valence-corrected chi connectivity index (χ0v) is 23.3. The molecular weight excluding hydrogens is 517 g/mol. The highest BCUT2D eigenvalue weighted by atomic mass is 32.1. The molecule has 2 saturated heterocycles. The third kappa shape index (κ3) is 5.86. The Labute approximate surface area is 233 Å². The highest BCUT2D eigenvalue weighted by Crippen LogP contribution is 2.51. The Morgan fingerprint density at radius 3 is 2.77 bits per heavy atom. The number of carbonyl (C=O) groups excluding carboxylic acids is 2. The van der Waals surface area contributed by atoms with Crippen molar-refractivity contribution >= 4 is 36.3 Å². The van der Waals surface area contributed by atoms with Crippen LogP contribution in [0.25, 0.3) is 6.08 Å². The van der Waals surface area contributed by atoms with Gasteiger partial charge in [0, 0.05) is 12.0 Å². The third-order valence-corrected chi connectivity index (χ3v) is 8.96. The largest absolute Gasteiger partial charge is 0.459 e. The van der Waals surface area contributed by atoms with Crippen LogP contribution in [0, 0.1) is 17.8 Å². The molecule has 0 radical (unpaired) electrons. The van der Waals surface area contributed by atoms with E-state index in [2.05, 4.69) is 6.92 Å². The molecule has 39 heavy (non-hydrogen) atoms. The van der Waals surface area contributed by atoms with E-state index < -0.39 is 19.0 Å². The molecule has 3 aliphatic rings. The first kappa shape index (κ1) is 28.0. The van der Waals surface area contributed by atoms with Gasteiger partial charge >= 0.3 is 7.12 Å². The first-order valence-corrected chi connectivity index (χ1v) is 14.6. The molecule has 0 saturated carbocycles. The highest BCUT2D eigenvalue weighted by molar-refractivity contribution is 7.09. The Morgan fingerprint density at radius 1 is 1.23 bits per heavy atom. The molecule has 2 aliphatic heterocycles. The van der Waals surface area contributed by atoms with Gasteiger partial charge in [-0.15, -0.1) is 11.3 Å². The predicted molar refractivity (Wildman–Crippen MR) is 148 cm³/mol. The Hall–Kier alpha value is -2.50. The number of hydrogen-bond donors (Lipinski definition) is 2. The van der Waals surface area contributed by atoms with E-state index >= 15 is 0 Å². The summed E-state index contributed by atoms with van der Waals surface area (Å²) >= 11 is 1.53. The van der Waals surface area contributed by atoms with Crippen molar-refractivity contribution in [3.05, 3.63) is 62.8 Å². The number of hydrogen-bond acceptors (Lipinski definition) is 8. The maximum atomic E-state index is 13.7. The molecule has 10 heteroatoms. The van der Waals surface area contributed by atoms with E-state index in [0.29, 0.717) is 43.8 Å². The number of ether oxygens (including phenoxy) is 1. The average molecular weight is 553 g/mol. The van der Waals surface area contributed by atoms with Gasteiger partial charge in [0.2, 0.25) is 11.8 Å². The molecule has 2 aromatic heterocycles. The summed E-state index contributed by atoms with van der Waals surface area (Å²) in [5.41, 5.74) is 3.23. The maximum absolute atomic E-state index is 13.7. The lowest BCUT2D eigenvalue weighted by atomic mass is 9.58. The van der Waals surface area contributed by atoms with Crippen molar-refractivity contribution in [3.63, 3.8) is 0 Å². The zero-order valence-electron chi connectivity index (χ0n) is 22.5. The van der Waals surface area contributed by atoms with Crippen LogP contribution in [0.3, 0.4) is 0 Å². The molecule has 2 N–H and O–H groups in total. The van der Waals surface area contributed by atoms with Gasteiger partial charge in [-0.3, -0.25) is 14.5 Å². The van der Waals surface area contributed by atoms with Gasteiger partial charge in [-0.2, -0.15) is 0 Å². The maximum Gasteiger partial charge on any atom is 0.455 e. The van der Waals surface area contributed by atoms with Gasteiger partial charge in [-0.25, -0.2) is 0 Å². The summed E-state index contributed by atoms with van der Waals surface area (Å²) in [7, 11) is 0.635. The van der Waals surface area contributed by atoms with E-state index in [0.717, 1.165) is 35.3 Å². The predicted octanol–water partition coefficient (Wildman–Crippen LogP) is 4.44. The number of furan rings is 1. The second-order valence-corrected chi connectivity index (χ2v) is 11.7. The number of aliphatic hydroxyl groups is 1. The number of thiophene rings is 1. The fourth-order valence-corrected chi connectivity index (χ4v) is 7.21. The van der Waals surface area contributed by atoms with Crippen LogP contribution in [-0.4, -0.2) is 53.8 Å². The van der Waals surface area contributed by atoms with E-state index in [-0.39, 0.29) is 30.4 Å².